The van der Waals surface area contributed by atoms with Gasteiger partial charge >= 0.3 is 12.1 Å². The third-order valence-corrected chi connectivity index (χ3v) is 2.29. The first kappa shape index (κ1) is 16.8. The molecule has 0 saturated carbocycles. The summed E-state index contributed by atoms with van der Waals surface area (Å²) in [6.45, 7) is 10.6. The summed E-state index contributed by atoms with van der Waals surface area (Å²) in [5.74, 6) is -0.444. The van der Waals surface area contributed by atoms with E-state index in [2.05, 4.69) is 11.9 Å². The molecule has 0 unspecified atom stereocenters. The molecule has 0 aliphatic rings. The van der Waals surface area contributed by atoms with Gasteiger partial charge in [-0.15, -0.1) is 0 Å². The molecule has 21 heavy (non-hydrogen) atoms. The number of hydrogen-bond donors (Lipinski definition) is 1. The Bertz CT molecular complexity index is 543. The molecule has 0 aromatic heterocycles. The minimum absolute atomic E-state index is 0.121. The number of esters is 1. The number of carbonyl (C=O) groups is 2. The van der Waals surface area contributed by atoms with Crippen LogP contribution in [0.3, 0.4) is 0 Å². The zero-order chi connectivity index (χ0) is 16.0. The van der Waals surface area contributed by atoms with Crippen LogP contribution in [0.25, 0.3) is 0 Å². The van der Waals surface area contributed by atoms with E-state index in [1.807, 2.05) is 0 Å². The molecule has 0 saturated heterocycles. The monoisotopic (exact) mass is 291 g/mol. The highest BCUT2D eigenvalue weighted by Crippen LogP contribution is 2.14. The smallest absolute Gasteiger partial charge is 0.412 e. The van der Waals surface area contributed by atoms with Gasteiger partial charge in [-0.3, -0.25) is 5.32 Å². The minimum Gasteiger partial charge on any atom is -0.457 e. The Hall–Kier alpha value is -2.30. The zero-order valence-corrected chi connectivity index (χ0v) is 12.9. The van der Waals surface area contributed by atoms with Gasteiger partial charge in [0.2, 0.25) is 0 Å². The maximum atomic E-state index is 11.7. The molecule has 0 spiro atoms. The van der Waals surface area contributed by atoms with E-state index < -0.39 is 17.7 Å². The Balaban J connectivity index is 2.62. The Kier molecular flexibility index (Phi) is 5.52. The van der Waals surface area contributed by atoms with Gasteiger partial charge < -0.3 is 9.47 Å². The van der Waals surface area contributed by atoms with Gasteiger partial charge in [-0.25, -0.2) is 9.59 Å². The van der Waals surface area contributed by atoms with Crippen molar-refractivity contribution < 1.29 is 19.1 Å². The molecular weight excluding hydrogens is 270 g/mol. The predicted octanol–water partition coefficient (Wildman–Crippen LogP) is 3.65. The highest BCUT2D eigenvalue weighted by molar-refractivity contribution is 5.87. The van der Waals surface area contributed by atoms with Crippen LogP contribution in [-0.2, 0) is 20.9 Å². The van der Waals surface area contributed by atoms with E-state index in [-0.39, 0.29) is 6.61 Å². The topological polar surface area (TPSA) is 64.6 Å². The van der Waals surface area contributed by atoms with Gasteiger partial charge in [0.05, 0.1) is 0 Å². The molecule has 0 radical (unpaired) electrons. The number of rotatable bonds is 4. The van der Waals surface area contributed by atoms with Crippen LogP contribution in [-0.4, -0.2) is 17.7 Å². The van der Waals surface area contributed by atoms with Gasteiger partial charge in [0.15, 0.2) is 0 Å². The Labute approximate surface area is 124 Å². The van der Waals surface area contributed by atoms with Crippen molar-refractivity contribution in [1.29, 1.82) is 0 Å². The normalized spacial score (nSPS) is 10.7. The number of hydrogen-bond acceptors (Lipinski definition) is 4. The summed E-state index contributed by atoms with van der Waals surface area (Å²) in [6.07, 6.45) is -0.529. The molecular formula is C16H21NO4. The highest BCUT2D eigenvalue weighted by atomic mass is 16.6. The molecule has 1 aromatic rings. The first-order valence-electron chi connectivity index (χ1n) is 6.59. The lowest BCUT2D eigenvalue weighted by atomic mass is 10.2. The molecule has 5 nitrogen and oxygen atoms in total. The number of ether oxygens (including phenoxy) is 2. The lowest BCUT2D eigenvalue weighted by Gasteiger charge is -2.19. The second-order valence-electron chi connectivity index (χ2n) is 5.68. The van der Waals surface area contributed by atoms with Gasteiger partial charge in [0, 0.05) is 11.3 Å². The number of benzene rings is 1. The lowest BCUT2D eigenvalue weighted by molar-refractivity contribution is -0.140. The van der Waals surface area contributed by atoms with Crippen LogP contribution in [0.5, 0.6) is 0 Å². The van der Waals surface area contributed by atoms with E-state index in [0.29, 0.717) is 11.3 Å². The molecule has 5 heteroatoms. The van der Waals surface area contributed by atoms with Gasteiger partial charge in [0.25, 0.3) is 0 Å². The molecule has 0 bridgehead atoms. The summed E-state index contributed by atoms with van der Waals surface area (Å²) in [7, 11) is 0. The summed E-state index contributed by atoms with van der Waals surface area (Å²) in [6, 6.07) is 7.01. The van der Waals surface area contributed by atoms with E-state index in [0.717, 1.165) is 5.56 Å². The van der Waals surface area contributed by atoms with Gasteiger partial charge in [0.1, 0.15) is 12.2 Å². The zero-order valence-electron chi connectivity index (χ0n) is 12.9. The summed E-state index contributed by atoms with van der Waals surface area (Å²) >= 11 is 0. The lowest BCUT2D eigenvalue weighted by Crippen LogP contribution is -2.27. The van der Waals surface area contributed by atoms with Gasteiger partial charge in [-0.1, -0.05) is 18.7 Å². The van der Waals surface area contributed by atoms with Crippen LogP contribution in [0.15, 0.2) is 36.4 Å². The van der Waals surface area contributed by atoms with Crippen molar-refractivity contribution in [3.63, 3.8) is 0 Å². The molecule has 0 atom stereocenters. The molecule has 1 rings (SSSR count). The summed E-state index contributed by atoms with van der Waals surface area (Å²) < 4.78 is 10.2. The molecule has 0 fully saturated rings. The Morgan fingerprint density at radius 1 is 1.29 bits per heavy atom. The molecule has 0 aliphatic carbocycles. The van der Waals surface area contributed by atoms with Crippen molar-refractivity contribution >= 4 is 17.7 Å². The fraction of sp³-hybridized carbons (Fsp3) is 0.375. The summed E-state index contributed by atoms with van der Waals surface area (Å²) in [5.41, 5.74) is 1.13. The molecule has 0 heterocycles. The van der Waals surface area contributed by atoms with Crippen LogP contribution in [0.4, 0.5) is 10.5 Å². The Morgan fingerprint density at radius 3 is 2.52 bits per heavy atom. The van der Waals surface area contributed by atoms with Crippen LogP contribution < -0.4 is 5.32 Å². The molecule has 114 valence electrons. The van der Waals surface area contributed by atoms with Gasteiger partial charge in [-0.2, -0.15) is 0 Å². The van der Waals surface area contributed by atoms with Gasteiger partial charge in [-0.05, 0) is 45.4 Å². The highest BCUT2D eigenvalue weighted by Gasteiger charge is 2.16. The van der Waals surface area contributed by atoms with Crippen LogP contribution in [0.1, 0.15) is 33.3 Å². The SMILES string of the molecule is C=C(C)C(=O)OCc1cccc(NC(=O)OC(C)(C)C)c1. The van der Waals surface area contributed by atoms with Crippen molar-refractivity contribution in [3.8, 4) is 0 Å². The largest absolute Gasteiger partial charge is 0.457 e. The first-order valence-corrected chi connectivity index (χ1v) is 6.59. The second kappa shape index (κ2) is 6.92. The number of amides is 1. The number of anilines is 1. The molecule has 1 N–H and O–H groups in total. The quantitative estimate of drug-likeness (QED) is 0.679. The molecule has 0 aliphatic heterocycles. The van der Waals surface area contributed by atoms with E-state index in [1.165, 1.54) is 0 Å². The maximum absolute atomic E-state index is 11.7. The average molecular weight is 291 g/mol. The van der Waals surface area contributed by atoms with Crippen LogP contribution >= 0.6 is 0 Å². The molecule has 1 amide bonds. The van der Waals surface area contributed by atoms with Crippen molar-refractivity contribution in [3.05, 3.63) is 42.0 Å². The Morgan fingerprint density at radius 2 is 1.95 bits per heavy atom. The van der Waals surface area contributed by atoms with Crippen LogP contribution in [0.2, 0.25) is 0 Å². The van der Waals surface area contributed by atoms with E-state index in [4.69, 9.17) is 9.47 Å². The van der Waals surface area contributed by atoms with Crippen LogP contribution in [0, 0.1) is 0 Å². The van der Waals surface area contributed by atoms with E-state index in [9.17, 15) is 9.59 Å². The third kappa shape index (κ3) is 6.61. The van der Waals surface area contributed by atoms with E-state index in [1.54, 1.807) is 52.0 Å². The second-order valence-corrected chi connectivity index (χ2v) is 5.68. The third-order valence-electron chi connectivity index (χ3n) is 2.29. The average Bonchev–Trinajstić information content (AvgIpc) is 2.33. The van der Waals surface area contributed by atoms with Crippen molar-refractivity contribution in [2.45, 2.75) is 39.9 Å². The van der Waals surface area contributed by atoms with Crippen molar-refractivity contribution in [2.24, 2.45) is 0 Å². The van der Waals surface area contributed by atoms with Crippen molar-refractivity contribution in [1.82, 2.24) is 0 Å². The number of nitrogens with one attached hydrogen (secondary N) is 1. The minimum atomic E-state index is -0.557. The molecule has 1 aromatic carbocycles. The van der Waals surface area contributed by atoms with E-state index >= 15 is 0 Å². The fourth-order valence-electron chi connectivity index (χ4n) is 1.43. The predicted molar refractivity (Wildman–Crippen MR) is 80.9 cm³/mol. The standard InChI is InChI=1S/C16H21NO4/c1-11(2)14(18)20-10-12-7-6-8-13(9-12)17-15(19)21-16(3,4)5/h6-9H,1,10H2,2-5H3,(H,17,19). The summed E-state index contributed by atoms with van der Waals surface area (Å²) in [4.78, 5) is 23.0. The summed E-state index contributed by atoms with van der Waals surface area (Å²) in [5, 5.41) is 2.63. The fourth-order valence-corrected chi connectivity index (χ4v) is 1.43. The van der Waals surface area contributed by atoms with Crippen molar-refractivity contribution in [2.75, 3.05) is 5.32 Å². The maximum Gasteiger partial charge on any atom is 0.412 e. The number of carbonyl (C=O) groups excluding carboxylic acids is 2. The first-order chi connectivity index (χ1) is 9.67.